The number of nitrogens with one attached hydrogen (secondary N) is 1. The van der Waals surface area contributed by atoms with E-state index in [4.69, 9.17) is 9.47 Å². The van der Waals surface area contributed by atoms with Crippen LogP contribution in [-0.2, 0) is 4.79 Å². The molecule has 0 saturated carbocycles. The summed E-state index contributed by atoms with van der Waals surface area (Å²) in [6.07, 6.45) is 3.16. The average molecular weight is 304 g/mol. The molecule has 21 heavy (non-hydrogen) atoms. The molecule has 0 aliphatic rings. The monoisotopic (exact) mass is 304 g/mol. The molecule has 6 heteroatoms. The van der Waals surface area contributed by atoms with Gasteiger partial charge in [-0.25, -0.2) is 4.98 Å². The highest BCUT2D eigenvalue weighted by molar-refractivity contribution is 7.13. The Hall–Kier alpha value is -2.34. The second kappa shape index (κ2) is 6.90. The quantitative estimate of drug-likeness (QED) is 0.862. The summed E-state index contributed by atoms with van der Waals surface area (Å²) < 4.78 is 10.4. The topological polar surface area (TPSA) is 60.5 Å². The summed E-state index contributed by atoms with van der Waals surface area (Å²) in [6.45, 7) is 1.88. The van der Waals surface area contributed by atoms with Crippen LogP contribution in [0.2, 0.25) is 0 Å². The van der Waals surface area contributed by atoms with Crippen molar-refractivity contribution in [3.05, 3.63) is 40.9 Å². The van der Waals surface area contributed by atoms with Crippen molar-refractivity contribution in [3.63, 3.8) is 0 Å². The van der Waals surface area contributed by atoms with E-state index in [9.17, 15) is 4.79 Å². The van der Waals surface area contributed by atoms with Crippen LogP contribution in [0.3, 0.4) is 0 Å². The number of benzene rings is 1. The fourth-order valence-corrected chi connectivity index (χ4v) is 2.38. The van der Waals surface area contributed by atoms with Gasteiger partial charge in [0.25, 0.3) is 0 Å². The minimum Gasteiger partial charge on any atom is -0.493 e. The Bertz CT molecular complexity index is 665. The molecule has 2 rings (SSSR count). The van der Waals surface area contributed by atoms with Crippen molar-refractivity contribution in [1.82, 2.24) is 4.98 Å². The van der Waals surface area contributed by atoms with Crippen molar-refractivity contribution >= 4 is 28.5 Å². The predicted octanol–water partition coefficient (Wildman–Crippen LogP) is 3.12. The third-order valence-electron chi connectivity index (χ3n) is 2.68. The summed E-state index contributed by atoms with van der Waals surface area (Å²) in [5.74, 6) is 1.05. The van der Waals surface area contributed by atoms with Crippen molar-refractivity contribution < 1.29 is 14.3 Å². The SMILES string of the molecule is COc1ccc(/C=C\C(=O)Nc2nc(C)cs2)cc1OC. The fraction of sp³-hybridized carbons (Fsp3) is 0.200. The molecule has 0 aliphatic heterocycles. The van der Waals surface area contributed by atoms with Crippen molar-refractivity contribution in [2.45, 2.75) is 6.92 Å². The van der Waals surface area contributed by atoms with Crippen LogP contribution in [0.5, 0.6) is 11.5 Å². The summed E-state index contributed by atoms with van der Waals surface area (Å²) in [5.41, 5.74) is 1.73. The first-order valence-corrected chi connectivity index (χ1v) is 7.13. The van der Waals surface area contributed by atoms with Gasteiger partial charge in [0.2, 0.25) is 5.91 Å². The molecule has 1 N–H and O–H groups in total. The summed E-state index contributed by atoms with van der Waals surface area (Å²) in [5, 5.41) is 5.18. The largest absolute Gasteiger partial charge is 0.493 e. The number of methoxy groups -OCH3 is 2. The number of hydrogen-bond donors (Lipinski definition) is 1. The maximum Gasteiger partial charge on any atom is 0.250 e. The third kappa shape index (κ3) is 4.06. The van der Waals surface area contributed by atoms with Crippen molar-refractivity contribution in [2.24, 2.45) is 0 Å². The summed E-state index contributed by atoms with van der Waals surface area (Å²) in [6, 6.07) is 5.44. The molecular formula is C15H16N2O3S. The first-order chi connectivity index (χ1) is 10.1. The number of amides is 1. The van der Waals surface area contributed by atoms with E-state index in [-0.39, 0.29) is 5.91 Å². The molecule has 1 aromatic heterocycles. The number of carbonyl (C=O) groups excluding carboxylic acids is 1. The number of rotatable bonds is 5. The summed E-state index contributed by atoms with van der Waals surface area (Å²) >= 11 is 1.40. The van der Waals surface area contributed by atoms with Gasteiger partial charge in [-0.3, -0.25) is 10.1 Å². The highest BCUT2D eigenvalue weighted by Gasteiger charge is 2.04. The average Bonchev–Trinajstić information content (AvgIpc) is 2.89. The molecule has 0 unspecified atom stereocenters. The minimum absolute atomic E-state index is 0.223. The molecule has 0 saturated heterocycles. The van der Waals surface area contributed by atoms with E-state index in [0.29, 0.717) is 16.6 Å². The summed E-state index contributed by atoms with van der Waals surface area (Å²) in [7, 11) is 3.15. The first-order valence-electron chi connectivity index (χ1n) is 6.25. The molecule has 0 fully saturated rings. The molecule has 2 aromatic rings. The van der Waals surface area contributed by atoms with Gasteiger partial charge in [-0.2, -0.15) is 0 Å². The zero-order chi connectivity index (χ0) is 15.2. The molecule has 0 bridgehead atoms. The summed E-state index contributed by atoms with van der Waals surface area (Å²) in [4.78, 5) is 16.0. The van der Waals surface area contributed by atoms with Gasteiger partial charge in [0, 0.05) is 11.5 Å². The molecule has 0 spiro atoms. The molecule has 1 heterocycles. The fourth-order valence-electron chi connectivity index (χ4n) is 1.69. The number of hydrogen-bond acceptors (Lipinski definition) is 5. The third-order valence-corrected chi connectivity index (χ3v) is 3.56. The lowest BCUT2D eigenvalue weighted by Gasteiger charge is -2.07. The van der Waals surface area contributed by atoms with Crippen LogP contribution in [0.1, 0.15) is 11.3 Å². The van der Waals surface area contributed by atoms with E-state index >= 15 is 0 Å². The highest BCUT2D eigenvalue weighted by Crippen LogP contribution is 2.27. The van der Waals surface area contributed by atoms with Crippen LogP contribution in [0.4, 0.5) is 5.13 Å². The Morgan fingerprint density at radius 3 is 2.67 bits per heavy atom. The van der Waals surface area contributed by atoms with E-state index < -0.39 is 0 Å². The maximum atomic E-state index is 11.8. The Kier molecular flexibility index (Phi) is 4.94. The predicted molar refractivity (Wildman–Crippen MR) is 84.1 cm³/mol. The van der Waals surface area contributed by atoms with Crippen molar-refractivity contribution in [2.75, 3.05) is 19.5 Å². The van der Waals surface area contributed by atoms with E-state index in [1.165, 1.54) is 17.4 Å². The number of aryl methyl sites for hydroxylation is 1. The molecule has 1 aromatic carbocycles. The molecule has 5 nitrogen and oxygen atoms in total. The number of aromatic nitrogens is 1. The van der Waals surface area contributed by atoms with E-state index in [1.54, 1.807) is 32.4 Å². The second-order valence-electron chi connectivity index (χ2n) is 4.23. The lowest BCUT2D eigenvalue weighted by molar-refractivity contribution is -0.111. The Morgan fingerprint density at radius 1 is 1.29 bits per heavy atom. The second-order valence-corrected chi connectivity index (χ2v) is 5.09. The van der Waals surface area contributed by atoms with E-state index in [1.807, 2.05) is 18.4 Å². The van der Waals surface area contributed by atoms with Crippen molar-refractivity contribution in [1.29, 1.82) is 0 Å². The van der Waals surface area contributed by atoms with Crippen LogP contribution in [0.15, 0.2) is 29.7 Å². The Balaban J connectivity index is 2.04. The van der Waals surface area contributed by atoms with Gasteiger partial charge >= 0.3 is 0 Å². The van der Waals surface area contributed by atoms with Crippen LogP contribution in [-0.4, -0.2) is 25.1 Å². The molecule has 0 atom stereocenters. The molecule has 0 radical (unpaired) electrons. The lowest BCUT2D eigenvalue weighted by atomic mass is 10.2. The molecule has 0 aliphatic carbocycles. The van der Waals surface area contributed by atoms with Gasteiger partial charge in [-0.15, -0.1) is 11.3 Å². The lowest BCUT2D eigenvalue weighted by Crippen LogP contribution is -2.07. The smallest absolute Gasteiger partial charge is 0.250 e. The van der Waals surface area contributed by atoms with Gasteiger partial charge in [0.15, 0.2) is 16.6 Å². The zero-order valence-electron chi connectivity index (χ0n) is 12.0. The standard InChI is InChI=1S/C15H16N2O3S/c1-10-9-21-15(16-10)17-14(18)7-5-11-4-6-12(19-2)13(8-11)20-3/h4-9H,1-3H3,(H,16,17,18)/b7-5-. The van der Waals surface area contributed by atoms with E-state index in [2.05, 4.69) is 10.3 Å². The van der Waals surface area contributed by atoms with Crippen LogP contribution in [0.25, 0.3) is 6.08 Å². The maximum absolute atomic E-state index is 11.8. The van der Waals surface area contributed by atoms with E-state index in [0.717, 1.165) is 11.3 Å². The Labute approximate surface area is 127 Å². The van der Waals surface area contributed by atoms with Gasteiger partial charge in [-0.05, 0) is 30.7 Å². The Morgan fingerprint density at radius 2 is 2.05 bits per heavy atom. The van der Waals surface area contributed by atoms with Gasteiger partial charge in [0.1, 0.15) is 0 Å². The number of nitrogens with zero attached hydrogens (tertiary/aromatic N) is 1. The minimum atomic E-state index is -0.223. The highest BCUT2D eigenvalue weighted by atomic mass is 32.1. The molecular weight excluding hydrogens is 288 g/mol. The number of thiazole rings is 1. The number of anilines is 1. The van der Waals surface area contributed by atoms with Crippen LogP contribution < -0.4 is 14.8 Å². The van der Waals surface area contributed by atoms with Gasteiger partial charge < -0.3 is 9.47 Å². The number of carbonyl (C=O) groups is 1. The zero-order valence-corrected chi connectivity index (χ0v) is 12.9. The first kappa shape index (κ1) is 15.1. The van der Waals surface area contributed by atoms with Gasteiger partial charge in [-0.1, -0.05) is 6.07 Å². The normalized spacial score (nSPS) is 10.6. The molecule has 1 amide bonds. The van der Waals surface area contributed by atoms with Crippen LogP contribution in [0, 0.1) is 6.92 Å². The van der Waals surface area contributed by atoms with Gasteiger partial charge in [0.05, 0.1) is 19.9 Å². The molecule has 110 valence electrons. The number of ether oxygens (including phenoxy) is 2. The van der Waals surface area contributed by atoms with Crippen molar-refractivity contribution in [3.8, 4) is 11.5 Å². The van der Waals surface area contributed by atoms with Crippen LogP contribution >= 0.6 is 11.3 Å².